The second-order valence-corrected chi connectivity index (χ2v) is 5.58. The van der Waals surface area contributed by atoms with Gasteiger partial charge in [0.1, 0.15) is 5.75 Å². The Labute approximate surface area is 131 Å². The molecule has 1 amide bonds. The number of nitrogens with zero attached hydrogens (tertiary/aromatic N) is 1. The minimum Gasteiger partial charge on any atom is -0.497 e. The van der Waals surface area contributed by atoms with E-state index in [1.165, 1.54) is 17.4 Å². The standard InChI is InChI=1S/C14H14N2O2S.Co/c1-8(17)15-14-16-13-11-5-4-10(18-2)7-9(11)3-6-12(13)19-14;/h4-5,7H,3,6H2,1-2H3,(H,15,16,17);/q;+2. The van der Waals surface area contributed by atoms with Crippen LogP contribution in [0.15, 0.2) is 18.2 Å². The minimum absolute atomic E-state index is 0. The van der Waals surface area contributed by atoms with Crippen LogP contribution >= 0.6 is 11.3 Å². The van der Waals surface area contributed by atoms with Crippen LogP contribution in [0.4, 0.5) is 5.13 Å². The van der Waals surface area contributed by atoms with Gasteiger partial charge in [0.15, 0.2) is 5.13 Å². The summed E-state index contributed by atoms with van der Waals surface area (Å²) in [6.45, 7) is 1.50. The minimum atomic E-state index is -0.0824. The van der Waals surface area contributed by atoms with Gasteiger partial charge in [-0.2, -0.15) is 0 Å². The number of carbonyl (C=O) groups excluding carboxylic acids is 1. The first kappa shape index (κ1) is 15.0. The van der Waals surface area contributed by atoms with Gasteiger partial charge in [-0.1, -0.05) is 0 Å². The number of amides is 1. The summed E-state index contributed by atoms with van der Waals surface area (Å²) < 4.78 is 5.25. The molecule has 2 aromatic rings. The van der Waals surface area contributed by atoms with E-state index >= 15 is 0 Å². The molecule has 0 saturated carbocycles. The molecule has 1 aliphatic carbocycles. The molecule has 0 unspecified atom stereocenters. The number of carbonyl (C=O) groups is 1. The Hall–Kier alpha value is -1.37. The first-order valence-corrected chi connectivity index (χ1v) is 6.93. The molecule has 0 atom stereocenters. The van der Waals surface area contributed by atoms with E-state index in [0.29, 0.717) is 5.13 Å². The molecule has 0 aliphatic heterocycles. The summed E-state index contributed by atoms with van der Waals surface area (Å²) in [5.41, 5.74) is 3.40. The predicted molar refractivity (Wildman–Crippen MR) is 75.8 cm³/mol. The van der Waals surface area contributed by atoms with Crippen molar-refractivity contribution in [1.82, 2.24) is 4.98 Å². The zero-order chi connectivity index (χ0) is 13.4. The summed E-state index contributed by atoms with van der Waals surface area (Å²) in [5.74, 6) is 0.792. The van der Waals surface area contributed by atoms with E-state index in [0.717, 1.165) is 29.8 Å². The number of thiazole rings is 1. The van der Waals surface area contributed by atoms with Crippen molar-refractivity contribution in [2.75, 3.05) is 12.4 Å². The number of nitrogens with one attached hydrogen (secondary N) is 1. The van der Waals surface area contributed by atoms with Crippen LogP contribution in [0.2, 0.25) is 0 Å². The van der Waals surface area contributed by atoms with Crippen LogP contribution in [0.1, 0.15) is 17.4 Å². The monoisotopic (exact) mass is 333 g/mol. The van der Waals surface area contributed by atoms with E-state index < -0.39 is 0 Å². The number of hydrogen-bond donors (Lipinski definition) is 1. The van der Waals surface area contributed by atoms with E-state index in [1.54, 1.807) is 18.4 Å². The van der Waals surface area contributed by atoms with Crippen molar-refractivity contribution in [1.29, 1.82) is 0 Å². The molecule has 1 aliphatic rings. The molecule has 1 radical (unpaired) electrons. The Bertz CT molecular complexity index is 655. The van der Waals surface area contributed by atoms with Crippen molar-refractivity contribution < 1.29 is 26.3 Å². The molecule has 0 spiro atoms. The summed E-state index contributed by atoms with van der Waals surface area (Å²) in [4.78, 5) is 16.9. The quantitative estimate of drug-likeness (QED) is 0.919. The van der Waals surface area contributed by atoms with Gasteiger partial charge in [0.25, 0.3) is 0 Å². The molecule has 3 rings (SSSR count). The van der Waals surface area contributed by atoms with Crippen LogP contribution in [0, 0.1) is 0 Å². The molecule has 1 heterocycles. The van der Waals surface area contributed by atoms with Gasteiger partial charge in [0.05, 0.1) is 12.8 Å². The average Bonchev–Trinajstić information content (AvgIpc) is 2.79. The molecule has 1 aromatic carbocycles. The van der Waals surface area contributed by atoms with Gasteiger partial charge in [-0.15, -0.1) is 11.3 Å². The summed E-state index contributed by atoms with van der Waals surface area (Å²) in [5, 5.41) is 3.44. The number of methoxy groups -OCH3 is 1. The third kappa shape index (κ3) is 2.72. The second-order valence-electron chi connectivity index (χ2n) is 4.50. The molecule has 0 fully saturated rings. The smallest absolute Gasteiger partial charge is 0.497 e. The average molecular weight is 333 g/mol. The molecular weight excluding hydrogens is 319 g/mol. The van der Waals surface area contributed by atoms with Gasteiger partial charge in [0.2, 0.25) is 5.91 Å². The Morgan fingerprint density at radius 1 is 1.40 bits per heavy atom. The Balaban J connectivity index is 0.00000147. The maximum absolute atomic E-state index is 11.1. The maximum Gasteiger partial charge on any atom is 2.00 e. The van der Waals surface area contributed by atoms with Crippen LogP contribution < -0.4 is 10.1 Å². The van der Waals surface area contributed by atoms with Crippen LogP contribution in [-0.4, -0.2) is 18.0 Å². The Morgan fingerprint density at radius 3 is 2.90 bits per heavy atom. The number of ether oxygens (including phenoxy) is 1. The zero-order valence-electron chi connectivity index (χ0n) is 11.2. The van der Waals surface area contributed by atoms with Crippen LogP contribution in [-0.2, 0) is 34.4 Å². The number of fused-ring (bicyclic) bond motifs is 3. The topological polar surface area (TPSA) is 51.2 Å². The third-order valence-corrected chi connectivity index (χ3v) is 4.20. The fourth-order valence-corrected chi connectivity index (χ4v) is 3.34. The predicted octanol–water partition coefficient (Wildman–Crippen LogP) is 2.87. The molecule has 6 heteroatoms. The van der Waals surface area contributed by atoms with Gasteiger partial charge < -0.3 is 10.1 Å². The van der Waals surface area contributed by atoms with Crippen LogP contribution in [0.25, 0.3) is 11.3 Å². The second kappa shape index (κ2) is 5.95. The van der Waals surface area contributed by atoms with Gasteiger partial charge in [-0.25, -0.2) is 4.98 Å². The fourth-order valence-electron chi connectivity index (χ4n) is 2.32. The molecule has 4 nitrogen and oxygen atoms in total. The molecule has 0 saturated heterocycles. The van der Waals surface area contributed by atoms with E-state index in [-0.39, 0.29) is 22.7 Å². The molecule has 1 aromatic heterocycles. The van der Waals surface area contributed by atoms with Crippen LogP contribution in [0.5, 0.6) is 5.75 Å². The van der Waals surface area contributed by atoms with Crippen molar-refractivity contribution in [2.45, 2.75) is 19.8 Å². The number of hydrogen-bond acceptors (Lipinski definition) is 4. The molecular formula is C14H14CoN2O2S+2. The normalized spacial score (nSPS) is 11.9. The summed E-state index contributed by atoms with van der Waals surface area (Å²) in [7, 11) is 1.67. The molecule has 20 heavy (non-hydrogen) atoms. The van der Waals surface area contributed by atoms with E-state index in [9.17, 15) is 4.79 Å². The van der Waals surface area contributed by atoms with Crippen molar-refractivity contribution in [3.63, 3.8) is 0 Å². The number of anilines is 1. The van der Waals surface area contributed by atoms with Crippen LogP contribution in [0.3, 0.4) is 0 Å². The van der Waals surface area contributed by atoms with Crippen molar-refractivity contribution in [3.8, 4) is 17.0 Å². The van der Waals surface area contributed by atoms with Gasteiger partial charge in [0, 0.05) is 17.4 Å². The van der Waals surface area contributed by atoms with Crippen molar-refractivity contribution in [3.05, 3.63) is 28.6 Å². The summed E-state index contributed by atoms with van der Waals surface area (Å²) >= 11 is 1.56. The molecule has 105 valence electrons. The first-order valence-electron chi connectivity index (χ1n) is 6.12. The van der Waals surface area contributed by atoms with E-state index in [2.05, 4.69) is 16.4 Å². The fraction of sp³-hybridized carbons (Fsp3) is 0.286. The maximum atomic E-state index is 11.1. The van der Waals surface area contributed by atoms with E-state index in [4.69, 9.17) is 4.74 Å². The van der Waals surface area contributed by atoms with E-state index in [1.807, 2.05) is 12.1 Å². The molecule has 0 bridgehead atoms. The first-order chi connectivity index (χ1) is 9.17. The van der Waals surface area contributed by atoms with Gasteiger partial charge >= 0.3 is 16.8 Å². The largest absolute Gasteiger partial charge is 2.00 e. The van der Waals surface area contributed by atoms with Gasteiger partial charge in [-0.05, 0) is 36.6 Å². The third-order valence-electron chi connectivity index (χ3n) is 3.17. The zero-order valence-corrected chi connectivity index (χ0v) is 13.0. The number of benzene rings is 1. The number of aromatic nitrogens is 1. The SMILES string of the molecule is COc1ccc2c(c1)CCc1sc(NC(C)=O)nc1-2.[Co+2]. The molecule has 1 N–H and O–H groups in total. The summed E-state index contributed by atoms with van der Waals surface area (Å²) in [6, 6.07) is 6.06. The summed E-state index contributed by atoms with van der Waals surface area (Å²) in [6.07, 6.45) is 1.95. The van der Waals surface area contributed by atoms with Gasteiger partial charge in [-0.3, -0.25) is 4.79 Å². The number of aryl methyl sites for hydroxylation is 2. The van der Waals surface area contributed by atoms with Crippen molar-refractivity contribution >= 4 is 22.4 Å². The Morgan fingerprint density at radius 2 is 2.20 bits per heavy atom. The Kier molecular flexibility index (Phi) is 4.47. The van der Waals surface area contributed by atoms with Crippen molar-refractivity contribution in [2.24, 2.45) is 0 Å². The number of rotatable bonds is 2.